The number of alkyl halides is 3. The lowest BCUT2D eigenvalue weighted by Gasteiger charge is -2.17. The molecule has 0 saturated carbocycles. The molecule has 1 heterocycles. The quantitative estimate of drug-likeness (QED) is 0.664. The van der Waals surface area contributed by atoms with Crippen molar-refractivity contribution in [2.45, 2.75) is 6.18 Å². The largest absolute Gasteiger partial charge is 0.405 e. The van der Waals surface area contributed by atoms with Gasteiger partial charge in [0, 0.05) is 13.2 Å². The van der Waals surface area contributed by atoms with Gasteiger partial charge in [-0.3, -0.25) is 9.59 Å². The Balaban J connectivity index is 2.59. The molecule has 0 aromatic carbocycles. The first kappa shape index (κ1) is 15.9. The summed E-state index contributed by atoms with van der Waals surface area (Å²) in [5, 5.41) is 1.61. The monoisotopic (exact) mass is 293 g/mol. The van der Waals surface area contributed by atoms with Gasteiger partial charge < -0.3 is 10.2 Å². The van der Waals surface area contributed by atoms with Crippen molar-refractivity contribution in [3.8, 4) is 0 Å². The zero-order valence-electron chi connectivity index (χ0n) is 10.4. The van der Waals surface area contributed by atoms with Crippen molar-refractivity contribution in [3.63, 3.8) is 0 Å². The van der Waals surface area contributed by atoms with Crippen LogP contribution in [0.4, 0.5) is 17.6 Å². The molecule has 1 N–H and O–H groups in total. The Kier molecular flexibility index (Phi) is 5.00. The fraction of sp³-hybridized carbons (Fsp3) is 0.364. The van der Waals surface area contributed by atoms with Crippen LogP contribution in [-0.4, -0.2) is 48.0 Å². The third-order valence-corrected chi connectivity index (χ3v) is 2.20. The van der Waals surface area contributed by atoms with Gasteiger partial charge in [-0.05, 0) is 12.1 Å². The third-order valence-electron chi connectivity index (χ3n) is 2.20. The summed E-state index contributed by atoms with van der Waals surface area (Å²) in [5.74, 6) is -2.86. The number of amides is 2. The Morgan fingerprint density at radius 1 is 1.40 bits per heavy atom. The minimum absolute atomic E-state index is 0.362. The molecule has 9 heteroatoms. The molecule has 0 atom stereocenters. The molecule has 110 valence electrons. The van der Waals surface area contributed by atoms with E-state index in [9.17, 15) is 27.2 Å². The van der Waals surface area contributed by atoms with Crippen molar-refractivity contribution < 1.29 is 27.2 Å². The molecule has 0 spiro atoms. The summed E-state index contributed by atoms with van der Waals surface area (Å²) in [6, 6.07) is 2.49. The fourth-order valence-electron chi connectivity index (χ4n) is 1.29. The van der Waals surface area contributed by atoms with Crippen molar-refractivity contribution >= 4 is 11.8 Å². The first-order chi connectivity index (χ1) is 9.20. The van der Waals surface area contributed by atoms with E-state index in [0.717, 1.165) is 17.2 Å². The standard InChI is InChI=1S/C11H11F4N3O2/c1-18(5-8(19)17-6-11(13,14)15)10(20)7-3-2-4-16-9(7)12/h2-4H,5-6H2,1H3,(H,17,19). The molecule has 20 heavy (non-hydrogen) atoms. The molecule has 0 fully saturated rings. The van der Waals surface area contributed by atoms with Gasteiger partial charge >= 0.3 is 6.18 Å². The van der Waals surface area contributed by atoms with Crippen LogP contribution in [0.2, 0.25) is 0 Å². The van der Waals surface area contributed by atoms with Gasteiger partial charge in [-0.2, -0.15) is 17.6 Å². The van der Waals surface area contributed by atoms with E-state index in [2.05, 4.69) is 4.98 Å². The summed E-state index contributed by atoms with van der Waals surface area (Å²) in [6.45, 7) is -2.11. The van der Waals surface area contributed by atoms with E-state index in [1.165, 1.54) is 13.1 Å². The predicted octanol–water partition coefficient (Wildman–Crippen LogP) is 0.971. The Hall–Kier alpha value is -2.19. The van der Waals surface area contributed by atoms with Crippen molar-refractivity contribution in [2.75, 3.05) is 20.1 Å². The second kappa shape index (κ2) is 6.31. The van der Waals surface area contributed by atoms with Crippen LogP contribution in [0.1, 0.15) is 10.4 Å². The van der Waals surface area contributed by atoms with Gasteiger partial charge in [0.15, 0.2) is 0 Å². The number of carbonyl (C=O) groups is 2. The van der Waals surface area contributed by atoms with Gasteiger partial charge in [0.1, 0.15) is 6.54 Å². The van der Waals surface area contributed by atoms with Crippen LogP contribution < -0.4 is 5.32 Å². The molecule has 1 rings (SSSR count). The van der Waals surface area contributed by atoms with Crippen LogP contribution in [0.5, 0.6) is 0 Å². The van der Waals surface area contributed by atoms with Crippen molar-refractivity contribution in [1.29, 1.82) is 0 Å². The SMILES string of the molecule is CN(CC(=O)NCC(F)(F)F)C(=O)c1cccnc1F. The van der Waals surface area contributed by atoms with Gasteiger partial charge in [0.05, 0.1) is 12.1 Å². The molecular weight excluding hydrogens is 282 g/mol. The molecule has 0 saturated heterocycles. The smallest absolute Gasteiger partial charge is 0.345 e. The highest BCUT2D eigenvalue weighted by atomic mass is 19.4. The number of likely N-dealkylation sites (N-methyl/N-ethyl adjacent to an activating group) is 1. The van der Waals surface area contributed by atoms with E-state index in [0.29, 0.717) is 0 Å². The highest BCUT2D eigenvalue weighted by Crippen LogP contribution is 2.12. The number of halogens is 4. The van der Waals surface area contributed by atoms with E-state index in [4.69, 9.17) is 0 Å². The van der Waals surface area contributed by atoms with E-state index in [1.54, 1.807) is 5.32 Å². The topological polar surface area (TPSA) is 62.3 Å². The Labute approximate surface area is 111 Å². The average molecular weight is 293 g/mol. The van der Waals surface area contributed by atoms with Crippen LogP contribution in [0.15, 0.2) is 18.3 Å². The maximum Gasteiger partial charge on any atom is 0.405 e. The summed E-state index contributed by atoms with van der Waals surface area (Å²) in [7, 11) is 1.17. The Morgan fingerprint density at radius 2 is 2.05 bits per heavy atom. The van der Waals surface area contributed by atoms with Crippen LogP contribution >= 0.6 is 0 Å². The van der Waals surface area contributed by atoms with Crippen molar-refractivity contribution in [3.05, 3.63) is 29.8 Å². The highest BCUT2D eigenvalue weighted by molar-refractivity contribution is 5.96. The van der Waals surface area contributed by atoms with Crippen LogP contribution in [0.3, 0.4) is 0 Å². The second-order valence-corrected chi connectivity index (χ2v) is 3.89. The van der Waals surface area contributed by atoms with E-state index in [1.807, 2.05) is 0 Å². The van der Waals surface area contributed by atoms with E-state index in [-0.39, 0.29) is 5.56 Å². The van der Waals surface area contributed by atoms with Crippen LogP contribution in [-0.2, 0) is 4.79 Å². The minimum Gasteiger partial charge on any atom is -0.345 e. The lowest BCUT2D eigenvalue weighted by atomic mass is 10.2. The lowest BCUT2D eigenvalue weighted by molar-refractivity contribution is -0.138. The number of nitrogens with one attached hydrogen (secondary N) is 1. The first-order valence-electron chi connectivity index (χ1n) is 5.40. The van der Waals surface area contributed by atoms with Gasteiger partial charge in [0.25, 0.3) is 5.91 Å². The number of pyridine rings is 1. The average Bonchev–Trinajstić information content (AvgIpc) is 2.35. The number of nitrogens with zero attached hydrogens (tertiary/aromatic N) is 2. The summed E-state index contributed by atoms with van der Waals surface area (Å²) >= 11 is 0. The molecule has 1 aromatic heterocycles. The Morgan fingerprint density at radius 3 is 2.60 bits per heavy atom. The molecule has 0 aliphatic rings. The predicted molar refractivity (Wildman–Crippen MR) is 60.2 cm³/mol. The molecule has 0 radical (unpaired) electrons. The summed E-state index contributed by atoms with van der Waals surface area (Å²) in [5.41, 5.74) is -0.362. The Bertz CT molecular complexity index is 505. The second-order valence-electron chi connectivity index (χ2n) is 3.89. The molecule has 2 amide bonds. The number of hydrogen-bond acceptors (Lipinski definition) is 3. The molecule has 0 aliphatic carbocycles. The molecular formula is C11H11F4N3O2. The minimum atomic E-state index is -4.53. The van der Waals surface area contributed by atoms with Gasteiger partial charge in [0.2, 0.25) is 11.9 Å². The maximum atomic E-state index is 13.2. The van der Waals surface area contributed by atoms with Crippen LogP contribution in [0, 0.1) is 5.95 Å². The zero-order chi connectivity index (χ0) is 15.3. The van der Waals surface area contributed by atoms with E-state index < -0.39 is 37.0 Å². The molecule has 5 nitrogen and oxygen atoms in total. The molecule has 0 bridgehead atoms. The summed E-state index contributed by atoms with van der Waals surface area (Å²) < 4.78 is 48.9. The third kappa shape index (κ3) is 4.82. The number of carbonyl (C=O) groups excluding carboxylic acids is 2. The van der Waals surface area contributed by atoms with Crippen molar-refractivity contribution in [1.82, 2.24) is 15.2 Å². The van der Waals surface area contributed by atoms with Gasteiger partial charge in [-0.25, -0.2) is 4.98 Å². The number of rotatable bonds is 4. The molecule has 1 aromatic rings. The first-order valence-corrected chi connectivity index (χ1v) is 5.40. The van der Waals surface area contributed by atoms with E-state index >= 15 is 0 Å². The number of hydrogen-bond donors (Lipinski definition) is 1. The fourth-order valence-corrected chi connectivity index (χ4v) is 1.29. The zero-order valence-corrected chi connectivity index (χ0v) is 10.4. The summed E-state index contributed by atoms with van der Waals surface area (Å²) in [6.07, 6.45) is -3.39. The normalized spacial score (nSPS) is 11.1. The summed E-state index contributed by atoms with van der Waals surface area (Å²) in [4.78, 5) is 27.0. The van der Waals surface area contributed by atoms with Gasteiger partial charge in [-0.15, -0.1) is 0 Å². The number of aromatic nitrogens is 1. The van der Waals surface area contributed by atoms with Crippen molar-refractivity contribution in [2.24, 2.45) is 0 Å². The van der Waals surface area contributed by atoms with Gasteiger partial charge in [-0.1, -0.05) is 0 Å². The molecule has 0 aliphatic heterocycles. The molecule has 0 unspecified atom stereocenters. The maximum absolute atomic E-state index is 13.2. The lowest BCUT2D eigenvalue weighted by Crippen LogP contribution is -2.41. The van der Waals surface area contributed by atoms with Crippen LogP contribution in [0.25, 0.3) is 0 Å². The highest BCUT2D eigenvalue weighted by Gasteiger charge is 2.28.